The summed E-state index contributed by atoms with van der Waals surface area (Å²) in [5.74, 6) is -2.27. The van der Waals surface area contributed by atoms with Crippen molar-refractivity contribution in [3.05, 3.63) is 56.1 Å². The van der Waals surface area contributed by atoms with Crippen molar-refractivity contribution in [3.63, 3.8) is 0 Å². The van der Waals surface area contributed by atoms with Crippen LogP contribution in [0.15, 0.2) is 50.4 Å². The number of carbonyl (C=O) groups excluding carboxylic acids is 2. The van der Waals surface area contributed by atoms with Gasteiger partial charge in [-0.25, -0.2) is 8.42 Å². The Morgan fingerprint density at radius 1 is 1.29 bits per heavy atom. The Morgan fingerprint density at radius 2 is 1.93 bits per heavy atom. The van der Waals surface area contributed by atoms with Crippen molar-refractivity contribution < 1.29 is 52.7 Å². The van der Waals surface area contributed by atoms with Gasteiger partial charge < -0.3 is 9.90 Å². The molecule has 0 unspecified atom stereocenters. The van der Waals surface area contributed by atoms with Crippen LogP contribution in [0.3, 0.4) is 0 Å². The van der Waals surface area contributed by atoms with Gasteiger partial charge in [0.15, 0.2) is 5.37 Å². The summed E-state index contributed by atoms with van der Waals surface area (Å²) in [4.78, 5) is 29.1. The van der Waals surface area contributed by atoms with E-state index in [0.29, 0.717) is 9.93 Å². The summed E-state index contributed by atoms with van der Waals surface area (Å²) in [5, 5.41) is 10.3. The first-order chi connectivity index (χ1) is 12.8. The first-order valence-corrected chi connectivity index (χ1v) is 11.7. The Morgan fingerprint density at radius 3 is 2.43 bits per heavy atom. The van der Waals surface area contributed by atoms with Crippen molar-refractivity contribution in [3.8, 4) is 0 Å². The van der Waals surface area contributed by atoms with Gasteiger partial charge in [-0.3, -0.25) is 14.7 Å². The van der Waals surface area contributed by atoms with Gasteiger partial charge in [-0.2, -0.15) is 0 Å². The molecule has 1 saturated heterocycles. The van der Waals surface area contributed by atoms with E-state index in [2.05, 4.69) is 4.98 Å². The molecule has 0 spiro atoms. The van der Waals surface area contributed by atoms with Crippen LogP contribution in [-0.4, -0.2) is 48.1 Å². The number of β-lactam (4-membered cyclic amide) rings is 1. The normalized spacial score (nSPS) is 21.8. The predicted octanol–water partition coefficient (Wildman–Crippen LogP) is -2.02. The van der Waals surface area contributed by atoms with Crippen molar-refractivity contribution >= 4 is 51.3 Å². The number of fused-ring (bicyclic) bond motifs is 1. The van der Waals surface area contributed by atoms with E-state index in [1.54, 1.807) is 30.7 Å². The average molecular weight is 447 g/mol. The second-order valence-corrected chi connectivity index (χ2v) is 9.55. The fraction of sp³-hybridized carbons (Fsp3) is 0.235. The van der Waals surface area contributed by atoms with Crippen LogP contribution >= 0.6 is 23.5 Å². The molecule has 142 valence electrons. The van der Waals surface area contributed by atoms with E-state index in [9.17, 15) is 23.1 Å². The van der Waals surface area contributed by atoms with E-state index in [0.717, 1.165) is 4.90 Å². The molecular weight excluding hydrogens is 431 g/mol. The van der Waals surface area contributed by atoms with Crippen molar-refractivity contribution in [1.82, 2.24) is 9.88 Å². The number of carbonyl (C=O) groups is 2. The van der Waals surface area contributed by atoms with E-state index in [4.69, 9.17) is 0 Å². The number of carboxylic acid groups (broad SMARTS) is 1. The monoisotopic (exact) mass is 446 g/mol. The standard InChI is InChI=1S/C17H16N2O5S3.Na/c1-9-12(16(21)22)19-14(20)11(8-10-6-4-5-7-18-10)15(19)27(23,24)13(9)17(25-2)26-3;/h4-8,15H,1-3H3,(H,21,22);/q;+1/p-1/b11-8-;/t15-;/m1./s1. The van der Waals surface area contributed by atoms with Crippen LogP contribution < -0.4 is 34.7 Å². The van der Waals surface area contributed by atoms with Gasteiger partial charge in [-0.15, -0.1) is 23.5 Å². The molecule has 1 amide bonds. The molecule has 0 aliphatic carbocycles. The molecule has 0 N–H and O–H groups in total. The number of nitrogens with zero attached hydrogens (tertiary/aromatic N) is 2. The number of aliphatic carboxylic acids is 1. The molecule has 28 heavy (non-hydrogen) atoms. The van der Waals surface area contributed by atoms with Crippen LogP contribution in [0.2, 0.25) is 0 Å². The zero-order valence-corrected chi connectivity index (χ0v) is 20.1. The van der Waals surface area contributed by atoms with Gasteiger partial charge in [-0.1, -0.05) is 6.07 Å². The molecule has 1 atom stereocenters. The average Bonchev–Trinajstić information content (AvgIpc) is 2.63. The number of hydrogen-bond acceptors (Lipinski definition) is 8. The minimum absolute atomic E-state index is 0. The Kier molecular flexibility index (Phi) is 7.27. The van der Waals surface area contributed by atoms with Crippen molar-refractivity contribution in [2.75, 3.05) is 12.5 Å². The van der Waals surface area contributed by atoms with Gasteiger partial charge in [0.25, 0.3) is 5.91 Å². The van der Waals surface area contributed by atoms with E-state index in [1.165, 1.54) is 42.7 Å². The molecule has 0 saturated carbocycles. The summed E-state index contributed by atoms with van der Waals surface area (Å²) in [5.41, 5.74) is 0.000231. The Hall–Kier alpha value is -1.04. The summed E-state index contributed by atoms with van der Waals surface area (Å²) in [7, 11) is -4.01. The first-order valence-electron chi connectivity index (χ1n) is 7.70. The molecule has 1 aromatic rings. The van der Waals surface area contributed by atoms with Crippen LogP contribution in [-0.2, 0) is 19.4 Å². The van der Waals surface area contributed by atoms with Crippen molar-refractivity contribution in [2.45, 2.75) is 12.3 Å². The SMILES string of the molecule is CSC(SC)=C1C(C)=C(C(=O)[O-])N2C(=O)/C(=C/c3ccccn3)[C@H]2S1(=O)=O.[Na+]. The Bertz CT molecular complexity index is 1030. The maximum Gasteiger partial charge on any atom is 1.00 e. The number of pyridine rings is 1. The van der Waals surface area contributed by atoms with Gasteiger partial charge in [0.1, 0.15) is 0 Å². The molecule has 3 rings (SSSR count). The number of rotatable bonds is 4. The number of amides is 1. The number of aromatic nitrogens is 1. The minimum atomic E-state index is -4.01. The number of carboxylic acids is 1. The molecule has 0 bridgehead atoms. The molecule has 3 heterocycles. The minimum Gasteiger partial charge on any atom is -0.543 e. The molecular formula is C17H15N2NaO5S3. The maximum atomic E-state index is 13.3. The van der Waals surface area contributed by atoms with Crippen molar-refractivity contribution in [2.24, 2.45) is 0 Å². The third-order valence-electron chi connectivity index (χ3n) is 4.22. The van der Waals surface area contributed by atoms with Crippen LogP contribution in [0.5, 0.6) is 0 Å². The van der Waals surface area contributed by atoms with Gasteiger partial charge in [0.05, 0.1) is 32.1 Å². The Balaban J connectivity index is 0.00000280. The molecule has 0 aromatic carbocycles. The summed E-state index contributed by atoms with van der Waals surface area (Å²) in [6.45, 7) is 1.38. The second-order valence-electron chi connectivity index (χ2n) is 5.71. The topological polar surface area (TPSA) is 107 Å². The molecule has 2 aliphatic heterocycles. The number of hydrogen-bond donors (Lipinski definition) is 0. The number of sulfone groups is 1. The smallest absolute Gasteiger partial charge is 0.543 e. The van der Waals surface area contributed by atoms with Gasteiger partial charge in [0.2, 0.25) is 9.84 Å². The molecule has 2 aliphatic rings. The third-order valence-corrected chi connectivity index (χ3v) is 8.76. The predicted molar refractivity (Wildman–Crippen MR) is 104 cm³/mol. The van der Waals surface area contributed by atoms with Gasteiger partial charge >= 0.3 is 29.6 Å². The fourth-order valence-electron chi connectivity index (χ4n) is 3.11. The van der Waals surface area contributed by atoms with Crippen LogP contribution in [0, 0.1) is 0 Å². The second kappa shape index (κ2) is 8.76. The quantitative estimate of drug-likeness (QED) is 0.297. The summed E-state index contributed by atoms with van der Waals surface area (Å²) in [6, 6.07) is 5.03. The van der Waals surface area contributed by atoms with E-state index >= 15 is 0 Å². The number of allylic oxidation sites excluding steroid dienone is 1. The molecule has 7 nitrogen and oxygen atoms in total. The zero-order chi connectivity index (χ0) is 19.9. The largest absolute Gasteiger partial charge is 1.00 e. The van der Waals surface area contributed by atoms with E-state index < -0.39 is 32.8 Å². The van der Waals surface area contributed by atoms with Crippen LogP contribution in [0.25, 0.3) is 6.08 Å². The van der Waals surface area contributed by atoms with E-state index in [1.807, 2.05) is 0 Å². The third kappa shape index (κ3) is 3.61. The molecule has 1 fully saturated rings. The first kappa shape index (κ1) is 23.2. The van der Waals surface area contributed by atoms with Gasteiger partial charge in [0, 0.05) is 6.20 Å². The summed E-state index contributed by atoms with van der Waals surface area (Å²) >= 11 is 2.42. The van der Waals surface area contributed by atoms with Crippen LogP contribution in [0.1, 0.15) is 12.6 Å². The Labute approximate surface area is 193 Å². The molecule has 0 radical (unpaired) electrons. The van der Waals surface area contributed by atoms with Crippen LogP contribution in [0.4, 0.5) is 0 Å². The van der Waals surface area contributed by atoms with Gasteiger partial charge in [-0.05, 0) is 43.2 Å². The van der Waals surface area contributed by atoms with Crippen molar-refractivity contribution in [1.29, 1.82) is 0 Å². The number of thioether (sulfide) groups is 2. The summed E-state index contributed by atoms with van der Waals surface area (Å²) in [6.07, 6.45) is 6.32. The molecule has 1 aromatic heterocycles. The van der Waals surface area contributed by atoms with E-state index in [-0.39, 0.29) is 45.6 Å². The molecule has 11 heteroatoms. The maximum absolute atomic E-state index is 13.3. The summed E-state index contributed by atoms with van der Waals surface area (Å²) < 4.78 is 27.0. The fourth-order valence-corrected chi connectivity index (χ4v) is 7.61. The zero-order valence-electron chi connectivity index (χ0n) is 15.6.